The molecule has 1 saturated heterocycles. The Morgan fingerprint density at radius 2 is 1.50 bits per heavy atom. The molecule has 2 aliphatic rings. The zero-order valence-electron chi connectivity index (χ0n) is 20.6. The van der Waals surface area contributed by atoms with Crippen LogP contribution in [0.25, 0.3) is 0 Å². The molecular formula is C30H28N2O4. The van der Waals surface area contributed by atoms with E-state index in [0.717, 1.165) is 16.9 Å². The Balaban J connectivity index is 1.23. The van der Waals surface area contributed by atoms with Crippen LogP contribution < -0.4 is 15.0 Å². The van der Waals surface area contributed by atoms with Gasteiger partial charge in [0.1, 0.15) is 11.5 Å². The number of anilines is 2. The van der Waals surface area contributed by atoms with Gasteiger partial charge in [-0.05, 0) is 105 Å². The molecule has 6 nitrogen and oxygen atoms in total. The molecule has 0 aromatic heterocycles. The molecule has 182 valence electrons. The van der Waals surface area contributed by atoms with Gasteiger partial charge < -0.3 is 10.1 Å². The molecule has 1 aliphatic heterocycles. The number of allylic oxidation sites excluding steroid dienone is 2. The molecule has 2 atom stereocenters. The third kappa shape index (κ3) is 4.54. The fourth-order valence-corrected chi connectivity index (χ4v) is 4.78. The van der Waals surface area contributed by atoms with Gasteiger partial charge in [-0.25, -0.2) is 0 Å². The van der Waals surface area contributed by atoms with Crippen molar-refractivity contribution < 1.29 is 19.1 Å². The van der Waals surface area contributed by atoms with E-state index in [1.807, 2.05) is 38.1 Å². The number of amides is 3. The highest BCUT2D eigenvalue weighted by Gasteiger charge is 2.48. The van der Waals surface area contributed by atoms with Crippen LogP contribution in [-0.2, 0) is 9.59 Å². The summed E-state index contributed by atoms with van der Waals surface area (Å²) in [5.74, 6) is 0.268. The molecule has 3 amide bonds. The number of carbonyl (C=O) groups is 3. The predicted octanol–water partition coefficient (Wildman–Crippen LogP) is 6.19. The van der Waals surface area contributed by atoms with E-state index in [4.69, 9.17) is 4.74 Å². The number of fused-ring (bicyclic) bond motifs is 1. The molecule has 0 radical (unpaired) electrons. The largest absolute Gasteiger partial charge is 0.457 e. The van der Waals surface area contributed by atoms with Gasteiger partial charge in [0.05, 0.1) is 17.5 Å². The number of hydrogen-bond donors (Lipinski definition) is 1. The number of nitrogens with zero attached hydrogens (tertiary/aromatic N) is 1. The highest BCUT2D eigenvalue weighted by molar-refractivity contribution is 6.22. The first-order valence-corrected chi connectivity index (χ1v) is 12.1. The molecule has 6 heteroatoms. The maximum atomic E-state index is 12.9. The fraction of sp³-hybridized carbons (Fsp3) is 0.233. The van der Waals surface area contributed by atoms with Gasteiger partial charge >= 0.3 is 0 Å². The van der Waals surface area contributed by atoms with Crippen LogP contribution in [0.2, 0.25) is 0 Å². The lowest BCUT2D eigenvalue weighted by Crippen LogP contribution is -2.30. The molecular weight excluding hydrogens is 452 g/mol. The lowest BCUT2D eigenvalue weighted by molar-refractivity contribution is -0.122. The second kappa shape index (κ2) is 9.46. The van der Waals surface area contributed by atoms with Crippen LogP contribution in [0.1, 0.15) is 41.3 Å². The van der Waals surface area contributed by atoms with Crippen LogP contribution in [0.3, 0.4) is 0 Å². The van der Waals surface area contributed by atoms with E-state index in [1.165, 1.54) is 10.5 Å². The van der Waals surface area contributed by atoms with E-state index in [1.54, 1.807) is 48.5 Å². The number of aryl methyl sites for hydroxylation is 2. The second-order valence-corrected chi connectivity index (χ2v) is 9.59. The Morgan fingerprint density at radius 3 is 2.19 bits per heavy atom. The van der Waals surface area contributed by atoms with Gasteiger partial charge in [0.2, 0.25) is 11.8 Å². The van der Waals surface area contributed by atoms with Crippen molar-refractivity contribution in [1.29, 1.82) is 0 Å². The summed E-state index contributed by atoms with van der Waals surface area (Å²) in [6.07, 6.45) is 3.28. The lowest BCUT2D eigenvalue weighted by Gasteiger charge is -2.18. The first-order chi connectivity index (χ1) is 17.3. The van der Waals surface area contributed by atoms with Crippen molar-refractivity contribution in [2.45, 2.75) is 33.6 Å². The minimum atomic E-state index is -0.286. The molecule has 1 aliphatic carbocycles. The molecule has 1 heterocycles. The van der Waals surface area contributed by atoms with Gasteiger partial charge in [-0.1, -0.05) is 17.7 Å². The maximum absolute atomic E-state index is 12.9. The smallest absolute Gasteiger partial charge is 0.255 e. The highest BCUT2D eigenvalue weighted by atomic mass is 16.5. The molecule has 36 heavy (non-hydrogen) atoms. The third-order valence-electron chi connectivity index (χ3n) is 7.04. The van der Waals surface area contributed by atoms with Gasteiger partial charge in [-0.15, -0.1) is 0 Å². The van der Waals surface area contributed by atoms with E-state index in [2.05, 4.69) is 12.2 Å². The number of nitrogens with one attached hydrogen (secondary N) is 1. The Morgan fingerprint density at radius 1 is 0.833 bits per heavy atom. The summed E-state index contributed by atoms with van der Waals surface area (Å²) in [6, 6.07) is 19.7. The monoisotopic (exact) mass is 480 g/mol. The summed E-state index contributed by atoms with van der Waals surface area (Å²) in [5, 5.41) is 2.87. The molecule has 0 saturated carbocycles. The first-order valence-electron chi connectivity index (χ1n) is 12.1. The zero-order chi connectivity index (χ0) is 25.4. The Bertz CT molecular complexity index is 1370. The maximum Gasteiger partial charge on any atom is 0.255 e. The van der Waals surface area contributed by atoms with Crippen molar-refractivity contribution in [2.24, 2.45) is 11.8 Å². The summed E-state index contributed by atoms with van der Waals surface area (Å²) in [7, 11) is 0. The Hall–Kier alpha value is -4.19. The zero-order valence-corrected chi connectivity index (χ0v) is 20.6. The summed E-state index contributed by atoms with van der Waals surface area (Å²) in [4.78, 5) is 39.8. The van der Waals surface area contributed by atoms with Crippen LogP contribution in [0, 0.1) is 25.7 Å². The van der Waals surface area contributed by atoms with Crippen molar-refractivity contribution in [3.63, 3.8) is 0 Å². The predicted molar refractivity (Wildman–Crippen MR) is 139 cm³/mol. The average molecular weight is 481 g/mol. The van der Waals surface area contributed by atoms with Crippen molar-refractivity contribution in [2.75, 3.05) is 10.2 Å². The van der Waals surface area contributed by atoms with Gasteiger partial charge in [0.15, 0.2) is 0 Å². The Labute approximate surface area is 210 Å². The van der Waals surface area contributed by atoms with Crippen molar-refractivity contribution in [3.8, 4) is 11.5 Å². The topological polar surface area (TPSA) is 75.7 Å². The molecule has 0 bridgehead atoms. The van der Waals surface area contributed by atoms with Crippen molar-refractivity contribution >= 4 is 29.1 Å². The molecule has 3 aromatic rings. The summed E-state index contributed by atoms with van der Waals surface area (Å²) < 4.78 is 5.90. The van der Waals surface area contributed by atoms with E-state index in [0.29, 0.717) is 35.5 Å². The summed E-state index contributed by atoms with van der Waals surface area (Å²) >= 11 is 0. The third-order valence-corrected chi connectivity index (χ3v) is 7.04. The van der Waals surface area contributed by atoms with Gasteiger partial charge in [-0.2, -0.15) is 0 Å². The number of benzene rings is 3. The van der Waals surface area contributed by atoms with E-state index in [9.17, 15) is 14.4 Å². The van der Waals surface area contributed by atoms with Gasteiger partial charge in [-0.3, -0.25) is 19.3 Å². The molecule has 1 N–H and O–H groups in total. The van der Waals surface area contributed by atoms with Crippen molar-refractivity contribution in [3.05, 3.63) is 95.1 Å². The van der Waals surface area contributed by atoms with Gasteiger partial charge in [0.25, 0.3) is 5.91 Å². The van der Waals surface area contributed by atoms with Crippen LogP contribution in [0.4, 0.5) is 11.4 Å². The van der Waals surface area contributed by atoms with E-state index >= 15 is 0 Å². The quantitative estimate of drug-likeness (QED) is 0.349. The molecule has 3 aromatic carbocycles. The summed E-state index contributed by atoms with van der Waals surface area (Å²) in [6.45, 7) is 6.09. The van der Waals surface area contributed by atoms with E-state index < -0.39 is 0 Å². The minimum Gasteiger partial charge on any atom is -0.457 e. The number of hydrogen-bond acceptors (Lipinski definition) is 4. The molecule has 0 unspecified atom stereocenters. The van der Waals surface area contributed by atoms with Crippen LogP contribution >= 0.6 is 0 Å². The lowest BCUT2D eigenvalue weighted by atomic mass is 9.82. The number of ether oxygens (including phenoxy) is 1. The first kappa shape index (κ1) is 23.5. The average Bonchev–Trinajstić information content (AvgIpc) is 3.11. The van der Waals surface area contributed by atoms with Crippen LogP contribution in [0.5, 0.6) is 11.5 Å². The summed E-state index contributed by atoms with van der Waals surface area (Å²) in [5.41, 5.74) is 5.08. The SMILES string of the molecule is CC1=CC[C@@H]2C(=O)N(c3ccc(C(=O)Nc4ccc(Oc5ccc(C)c(C)c5)cc4)cc3)C(=O)[C@H]2C1. The number of carbonyl (C=O) groups excluding carboxylic acids is 3. The van der Waals surface area contributed by atoms with Gasteiger partial charge in [0, 0.05) is 11.3 Å². The second-order valence-electron chi connectivity index (χ2n) is 9.59. The Kier molecular flexibility index (Phi) is 6.18. The minimum absolute atomic E-state index is 0.155. The molecule has 5 rings (SSSR count). The molecule has 1 fully saturated rings. The van der Waals surface area contributed by atoms with E-state index in [-0.39, 0.29) is 29.6 Å². The van der Waals surface area contributed by atoms with Crippen LogP contribution in [-0.4, -0.2) is 17.7 Å². The fourth-order valence-electron chi connectivity index (χ4n) is 4.78. The molecule has 0 spiro atoms. The van der Waals surface area contributed by atoms with Crippen LogP contribution in [0.15, 0.2) is 78.4 Å². The highest BCUT2D eigenvalue weighted by Crippen LogP contribution is 2.39. The number of rotatable bonds is 5. The number of imide groups is 1. The normalized spacial score (nSPS) is 19.1. The van der Waals surface area contributed by atoms with Crippen molar-refractivity contribution in [1.82, 2.24) is 0 Å². The standard InChI is InChI=1S/C30H28N2O4/c1-18-4-15-26-27(16-18)30(35)32(29(26)34)23-10-6-21(7-11-23)28(33)31-22-8-13-24(14-9-22)36-25-12-5-19(2)20(3)17-25/h4-14,17,26-27H,15-16H2,1-3H3,(H,31,33)/t26-,27-/m0/s1.